The molecule has 0 atom stereocenters. The average molecular weight is 261 g/mol. The van der Waals surface area contributed by atoms with Gasteiger partial charge in [0.15, 0.2) is 0 Å². The molecule has 0 aromatic carbocycles. The Morgan fingerprint density at radius 2 is 2.22 bits per heavy atom. The van der Waals surface area contributed by atoms with E-state index in [2.05, 4.69) is 18.3 Å². The van der Waals surface area contributed by atoms with E-state index < -0.39 is 0 Å². The van der Waals surface area contributed by atoms with Crippen molar-refractivity contribution in [3.63, 3.8) is 0 Å². The van der Waals surface area contributed by atoms with Crippen LogP contribution in [0.4, 0.5) is 10.7 Å². The van der Waals surface area contributed by atoms with Gasteiger partial charge in [-0.25, -0.2) is 0 Å². The molecule has 1 aromatic rings. The number of hydrogen-bond acceptors (Lipinski definition) is 4. The SMILES string of the molecule is CC1(CNc2sc(C#N)c(N)c2C2CC2)CCC1. The molecular formula is C14H19N3S. The highest BCUT2D eigenvalue weighted by atomic mass is 32.1. The smallest absolute Gasteiger partial charge is 0.130 e. The molecule has 96 valence electrons. The third-order valence-corrected chi connectivity index (χ3v) is 5.39. The zero-order valence-corrected chi connectivity index (χ0v) is 11.6. The van der Waals surface area contributed by atoms with E-state index in [4.69, 9.17) is 11.0 Å². The van der Waals surface area contributed by atoms with Crippen molar-refractivity contribution in [1.82, 2.24) is 0 Å². The number of hydrogen-bond donors (Lipinski definition) is 2. The largest absolute Gasteiger partial charge is 0.397 e. The summed E-state index contributed by atoms with van der Waals surface area (Å²) in [5.41, 5.74) is 8.49. The first-order valence-electron chi connectivity index (χ1n) is 6.69. The summed E-state index contributed by atoms with van der Waals surface area (Å²) in [5.74, 6) is 0.597. The molecule has 2 fully saturated rings. The van der Waals surface area contributed by atoms with Crippen LogP contribution in [0.3, 0.4) is 0 Å². The third kappa shape index (κ3) is 1.97. The molecule has 0 spiro atoms. The molecule has 0 saturated heterocycles. The molecule has 2 aliphatic carbocycles. The van der Waals surface area contributed by atoms with Crippen molar-refractivity contribution in [2.75, 3.05) is 17.6 Å². The summed E-state index contributed by atoms with van der Waals surface area (Å²) in [7, 11) is 0. The first-order chi connectivity index (χ1) is 8.63. The van der Waals surface area contributed by atoms with Crippen LogP contribution in [0.1, 0.15) is 55.4 Å². The van der Waals surface area contributed by atoms with Gasteiger partial charge < -0.3 is 11.1 Å². The number of nitrogens with two attached hydrogens (primary N) is 1. The minimum atomic E-state index is 0.451. The predicted octanol–water partition coefficient (Wildman–Crippen LogP) is 3.68. The van der Waals surface area contributed by atoms with Crippen molar-refractivity contribution >= 4 is 22.0 Å². The van der Waals surface area contributed by atoms with Crippen LogP contribution in [-0.4, -0.2) is 6.54 Å². The van der Waals surface area contributed by atoms with Gasteiger partial charge in [0.2, 0.25) is 0 Å². The van der Waals surface area contributed by atoms with Gasteiger partial charge in [-0.05, 0) is 37.0 Å². The van der Waals surface area contributed by atoms with Crippen LogP contribution < -0.4 is 11.1 Å². The van der Waals surface area contributed by atoms with Gasteiger partial charge in [0.25, 0.3) is 0 Å². The summed E-state index contributed by atoms with van der Waals surface area (Å²) in [4.78, 5) is 0.679. The van der Waals surface area contributed by atoms with Crippen LogP contribution in [-0.2, 0) is 0 Å². The second kappa shape index (κ2) is 4.17. The fraction of sp³-hybridized carbons (Fsp3) is 0.643. The Kier molecular flexibility index (Phi) is 2.74. The molecule has 3 nitrogen and oxygen atoms in total. The number of nitrogens with one attached hydrogen (secondary N) is 1. The number of anilines is 2. The summed E-state index contributed by atoms with van der Waals surface area (Å²) >= 11 is 1.53. The van der Waals surface area contributed by atoms with Crippen LogP contribution in [0.2, 0.25) is 0 Å². The Labute approximate surface area is 112 Å². The maximum Gasteiger partial charge on any atom is 0.130 e. The van der Waals surface area contributed by atoms with Crippen molar-refractivity contribution in [3.05, 3.63) is 10.4 Å². The van der Waals surface area contributed by atoms with Crippen molar-refractivity contribution in [1.29, 1.82) is 5.26 Å². The van der Waals surface area contributed by atoms with E-state index in [-0.39, 0.29) is 0 Å². The van der Waals surface area contributed by atoms with Gasteiger partial charge in [-0.2, -0.15) is 5.26 Å². The lowest BCUT2D eigenvalue weighted by Crippen LogP contribution is -2.33. The molecule has 3 rings (SSSR count). The topological polar surface area (TPSA) is 61.8 Å². The van der Waals surface area contributed by atoms with Gasteiger partial charge in [-0.15, -0.1) is 11.3 Å². The van der Waals surface area contributed by atoms with Crippen molar-refractivity contribution < 1.29 is 0 Å². The molecule has 0 bridgehead atoms. The highest BCUT2D eigenvalue weighted by molar-refractivity contribution is 7.17. The van der Waals surface area contributed by atoms with Crippen LogP contribution in [0.15, 0.2) is 0 Å². The van der Waals surface area contributed by atoms with Gasteiger partial charge in [-0.1, -0.05) is 13.3 Å². The first kappa shape index (κ1) is 11.9. The van der Waals surface area contributed by atoms with Gasteiger partial charge in [0, 0.05) is 12.1 Å². The van der Waals surface area contributed by atoms with E-state index in [9.17, 15) is 0 Å². The molecular weight excluding hydrogens is 242 g/mol. The van der Waals surface area contributed by atoms with E-state index in [1.807, 2.05) is 0 Å². The maximum atomic E-state index is 9.10. The van der Waals surface area contributed by atoms with E-state index in [0.717, 1.165) is 17.2 Å². The molecule has 0 aliphatic heterocycles. The third-order valence-electron chi connectivity index (χ3n) is 4.31. The quantitative estimate of drug-likeness (QED) is 0.869. The summed E-state index contributed by atoms with van der Waals surface area (Å²) in [6.45, 7) is 3.35. The average Bonchev–Trinajstić information content (AvgIpc) is 3.09. The van der Waals surface area contributed by atoms with Gasteiger partial charge >= 0.3 is 0 Å². The number of thiophene rings is 1. The molecule has 18 heavy (non-hydrogen) atoms. The zero-order valence-electron chi connectivity index (χ0n) is 10.8. The molecule has 0 unspecified atom stereocenters. The molecule has 0 amide bonds. The lowest BCUT2D eigenvalue weighted by atomic mass is 9.70. The van der Waals surface area contributed by atoms with E-state index in [1.165, 1.54) is 49.0 Å². The summed E-state index contributed by atoms with van der Waals surface area (Å²) in [6.07, 6.45) is 6.41. The second-order valence-electron chi connectivity index (χ2n) is 5.99. The molecule has 3 N–H and O–H groups in total. The Morgan fingerprint density at radius 1 is 1.50 bits per heavy atom. The molecule has 4 heteroatoms. The van der Waals surface area contributed by atoms with Crippen molar-refractivity contribution in [3.8, 4) is 6.07 Å². The lowest BCUT2D eigenvalue weighted by Gasteiger charge is -2.38. The molecule has 0 radical (unpaired) electrons. The first-order valence-corrected chi connectivity index (χ1v) is 7.51. The van der Waals surface area contributed by atoms with Gasteiger partial charge in [0.1, 0.15) is 10.9 Å². The summed E-state index contributed by atoms with van der Waals surface area (Å²) < 4.78 is 0. The van der Waals surface area contributed by atoms with Crippen LogP contribution >= 0.6 is 11.3 Å². The van der Waals surface area contributed by atoms with Crippen LogP contribution in [0.25, 0.3) is 0 Å². The summed E-state index contributed by atoms with van der Waals surface area (Å²) in [6, 6.07) is 2.22. The lowest BCUT2D eigenvalue weighted by molar-refractivity contribution is 0.180. The van der Waals surface area contributed by atoms with Gasteiger partial charge in [0.05, 0.1) is 10.7 Å². The van der Waals surface area contributed by atoms with E-state index in [1.54, 1.807) is 0 Å². The monoisotopic (exact) mass is 261 g/mol. The maximum absolute atomic E-state index is 9.10. The minimum absolute atomic E-state index is 0.451. The van der Waals surface area contributed by atoms with Crippen molar-refractivity contribution in [2.45, 2.75) is 44.9 Å². The molecule has 2 saturated carbocycles. The molecule has 2 aliphatic rings. The zero-order chi connectivity index (χ0) is 12.8. The Bertz CT molecular complexity index is 504. The van der Waals surface area contributed by atoms with Crippen molar-refractivity contribution in [2.24, 2.45) is 5.41 Å². The standard InChI is InChI=1S/C14H19N3S/c1-14(5-2-6-14)8-17-13-11(9-3-4-9)12(16)10(7-15)18-13/h9,17H,2-6,8,16H2,1H3. The fourth-order valence-electron chi connectivity index (χ4n) is 2.70. The van der Waals surface area contributed by atoms with Crippen LogP contribution in [0.5, 0.6) is 0 Å². The van der Waals surface area contributed by atoms with Crippen LogP contribution in [0, 0.1) is 16.7 Å². The second-order valence-corrected chi connectivity index (χ2v) is 7.01. The highest BCUT2D eigenvalue weighted by Crippen LogP contribution is 2.51. The van der Waals surface area contributed by atoms with Gasteiger partial charge in [-0.3, -0.25) is 0 Å². The fourth-order valence-corrected chi connectivity index (χ4v) is 3.70. The minimum Gasteiger partial charge on any atom is -0.397 e. The highest BCUT2D eigenvalue weighted by Gasteiger charge is 2.34. The van der Waals surface area contributed by atoms with E-state index >= 15 is 0 Å². The normalized spacial score (nSPS) is 21.1. The number of nitriles is 1. The molecule has 1 aromatic heterocycles. The number of nitrogen functional groups attached to an aromatic ring is 1. The number of rotatable bonds is 4. The Hall–Kier alpha value is -1.21. The Balaban J connectivity index is 1.80. The summed E-state index contributed by atoms with van der Waals surface area (Å²) in [5, 5.41) is 13.8. The van der Waals surface area contributed by atoms with E-state index in [0.29, 0.717) is 16.2 Å². The molecule has 1 heterocycles. The predicted molar refractivity (Wildman–Crippen MR) is 75.9 cm³/mol. The Morgan fingerprint density at radius 3 is 2.72 bits per heavy atom. The number of nitrogens with zero attached hydrogens (tertiary/aromatic N) is 1.